The summed E-state index contributed by atoms with van der Waals surface area (Å²) < 4.78 is 0. The molecule has 1 heteroatoms. The van der Waals surface area contributed by atoms with Crippen LogP contribution in [0.5, 0.6) is 0 Å². The topological polar surface area (TPSA) is 0 Å². The molecule has 1 aromatic carbocycles. The Kier molecular flexibility index (Phi) is 2.14. The predicted octanol–water partition coefficient (Wildman–Crippen LogP) is 4.34. The first-order valence-electron chi connectivity index (χ1n) is 5.74. The van der Waals surface area contributed by atoms with E-state index in [0.29, 0.717) is 5.92 Å². The Morgan fingerprint density at radius 1 is 1.27 bits per heavy atom. The number of benzene rings is 1. The Hall–Kier alpha value is -0.750. The first kappa shape index (κ1) is 9.47. The molecule has 2 aliphatic rings. The molecule has 0 saturated heterocycles. The lowest BCUT2D eigenvalue weighted by atomic mass is 9.82. The Labute approximate surface area is 96.0 Å². The van der Waals surface area contributed by atoms with E-state index in [1.54, 1.807) is 5.57 Å². The average Bonchev–Trinajstić information content (AvgIpc) is 2.61. The van der Waals surface area contributed by atoms with Crippen LogP contribution in [-0.2, 0) is 6.42 Å². The van der Waals surface area contributed by atoms with Crippen molar-refractivity contribution < 1.29 is 0 Å². The fourth-order valence-electron chi connectivity index (χ4n) is 3.08. The van der Waals surface area contributed by atoms with E-state index in [1.165, 1.54) is 24.0 Å². The van der Waals surface area contributed by atoms with Crippen molar-refractivity contribution in [2.75, 3.05) is 0 Å². The molecule has 1 saturated carbocycles. The van der Waals surface area contributed by atoms with Crippen molar-refractivity contribution >= 4 is 11.6 Å². The number of hydrogen-bond acceptors (Lipinski definition) is 0. The summed E-state index contributed by atoms with van der Waals surface area (Å²) >= 11 is 6.08. The van der Waals surface area contributed by atoms with Gasteiger partial charge in [-0.05, 0) is 48.4 Å². The number of halogens is 1. The highest BCUT2D eigenvalue weighted by molar-refractivity contribution is 6.30. The zero-order valence-electron chi connectivity index (χ0n) is 8.96. The molecule has 1 fully saturated rings. The number of rotatable bonds is 0. The molecule has 0 amide bonds. The molecule has 0 nitrogen and oxygen atoms in total. The van der Waals surface area contributed by atoms with Crippen molar-refractivity contribution in [2.45, 2.75) is 32.1 Å². The number of allylic oxidation sites excluding steroid dienone is 2. The van der Waals surface area contributed by atoms with Crippen LogP contribution in [0.15, 0.2) is 29.8 Å². The van der Waals surface area contributed by atoms with E-state index in [0.717, 1.165) is 17.4 Å². The van der Waals surface area contributed by atoms with Crippen LogP contribution in [0.2, 0.25) is 5.02 Å². The van der Waals surface area contributed by atoms with Crippen LogP contribution in [0.3, 0.4) is 0 Å². The third-order valence-electron chi connectivity index (χ3n) is 3.90. The minimum atomic E-state index is 0.669. The fourth-order valence-corrected chi connectivity index (χ4v) is 3.26. The van der Waals surface area contributed by atoms with Gasteiger partial charge in [0.25, 0.3) is 0 Å². The van der Waals surface area contributed by atoms with E-state index < -0.39 is 0 Å². The second-order valence-corrected chi connectivity index (χ2v) is 5.22. The maximum Gasteiger partial charge on any atom is 0.0409 e. The van der Waals surface area contributed by atoms with Gasteiger partial charge < -0.3 is 0 Å². The van der Waals surface area contributed by atoms with Gasteiger partial charge in [0.2, 0.25) is 0 Å². The normalized spacial score (nSPS) is 28.3. The maximum absolute atomic E-state index is 6.08. The smallest absolute Gasteiger partial charge is 0.0409 e. The van der Waals surface area contributed by atoms with E-state index >= 15 is 0 Å². The molecule has 0 spiro atoms. The van der Waals surface area contributed by atoms with E-state index in [9.17, 15) is 0 Å². The lowest BCUT2D eigenvalue weighted by Crippen LogP contribution is -2.08. The minimum absolute atomic E-state index is 0.669. The van der Waals surface area contributed by atoms with Crippen LogP contribution in [0, 0.1) is 5.92 Å². The number of fused-ring (bicyclic) bond motifs is 3. The van der Waals surface area contributed by atoms with Crippen molar-refractivity contribution in [3.63, 3.8) is 0 Å². The molecule has 0 bridgehead atoms. The van der Waals surface area contributed by atoms with E-state index in [-0.39, 0.29) is 0 Å². The van der Waals surface area contributed by atoms with Crippen molar-refractivity contribution in [3.05, 3.63) is 46.0 Å². The van der Waals surface area contributed by atoms with E-state index in [2.05, 4.69) is 25.1 Å². The monoisotopic (exact) mass is 218 g/mol. The lowest BCUT2D eigenvalue weighted by Gasteiger charge is -2.23. The maximum atomic E-state index is 6.08. The molecule has 1 unspecified atom stereocenters. The first-order chi connectivity index (χ1) is 7.25. The van der Waals surface area contributed by atoms with Gasteiger partial charge in [-0.3, -0.25) is 0 Å². The number of hydrogen-bond donors (Lipinski definition) is 0. The first-order valence-corrected chi connectivity index (χ1v) is 6.12. The van der Waals surface area contributed by atoms with Crippen molar-refractivity contribution in [1.82, 2.24) is 0 Å². The van der Waals surface area contributed by atoms with Crippen LogP contribution in [0.25, 0.3) is 0 Å². The van der Waals surface area contributed by atoms with Crippen LogP contribution < -0.4 is 0 Å². The summed E-state index contributed by atoms with van der Waals surface area (Å²) in [6.45, 7) is 2.35. The quantitative estimate of drug-likeness (QED) is 0.569. The molecular weight excluding hydrogens is 204 g/mol. The van der Waals surface area contributed by atoms with Crippen LogP contribution in [-0.4, -0.2) is 0 Å². The summed E-state index contributed by atoms with van der Waals surface area (Å²) in [6.07, 6.45) is 6.18. The molecule has 15 heavy (non-hydrogen) atoms. The molecule has 2 atom stereocenters. The highest BCUT2D eigenvalue weighted by Crippen LogP contribution is 2.47. The molecule has 0 heterocycles. The zero-order chi connectivity index (χ0) is 10.4. The van der Waals surface area contributed by atoms with Gasteiger partial charge in [0, 0.05) is 10.9 Å². The van der Waals surface area contributed by atoms with Gasteiger partial charge in [-0.15, -0.1) is 0 Å². The molecule has 0 aromatic heterocycles. The van der Waals surface area contributed by atoms with Gasteiger partial charge in [0.1, 0.15) is 0 Å². The third-order valence-corrected chi connectivity index (χ3v) is 4.14. The van der Waals surface area contributed by atoms with Crippen LogP contribution in [0.4, 0.5) is 0 Å². The Bertz CT molecular complexity index is 431. The van der Waals surface area contributed by atoms with Gasteiger partial charge in [-0.25, -0.2) is 0 Å². The standard InChI is InChI=1S/C14H15Cl/c1-9-2-6-13-12(9)7-4-10-3-5-11(15)8-14(10)13/h3,5,7-9,13H,2,4,6H2,1H3/t9?,13-/m1/s1. The molecule has 0 aliphatic heterocycles. The summed E-state index contributed by atoms with van der Waals surface area (Å²) in [5.74, 6) is 1.45. The van der Waals surface area contributed by atoms with Gasteiger partial charge in [0.15, 0.2) is 0 Å². The van der Waals surface area contributed by atoms with Crippen molar-refractivity contribution in [1.29, 1.82) is 0 Å². The molecule has 2 aliphatic carbocycles. The Morgan fingerprint density at radius 3 is 3.00 bits per heavy atom. The van der Waals surface area contributed by atoms with E-state index in [1.807, 2.05) is 6.07 Å². The van der Waals surface area contributed by atoms with E-state index in [4.69, 9.17) is 11.6 Å². The minimum Gasteiger partial charge on any atom is -0.0843 e. The summed E-state index contributed by atoms with van der Waals surface area (Å²) in [7, 11) is 0. The molecule has 0 radical (unpaired) electrons. The fraction of sp³-hybridized carbons (Fsp3) is 0.429. The molecule has 0 N–H and O–H groups in total. The lowest BCUT2D eigenvalue weighted by molar-refractivity contribution is 0.693. The van der Waals surface area contributed by atoms with Crippen LogP contribution in [0.1, 0.15) is 36.8 Å². The molecule has 1 aromatic rings. The molecular formula is C14H15Cl. The predicted molar refractivity (Wildman–Crippen MR) is 64.4 cm³/mol. The van der Waals surface area contributed by atoms with Gasteiger partial charge in [0.05, 0.1) is 0 Å². The molecule has 3 rings (SSSR count). The van der Waals surface area contributed by atoms with Crippen LogP contribution >= 0.6 is 11.6 Å². The third kappa shape index (κ3) is 1.43. The average molecular weight is 219 g/mol. The Balaban J connectivity index is 2.10. The second kappa shape index (κ2) is 3.38. The van der Waals surface area contributed by atoms with Gasteiger partial charge in [-0.2, -0.15) is 0 Å². The summed E-state index contributed by atoms with van der Waals surface area (Å²) in [4.78, 5) is 0. The molecule has 78 valence electrons. The summed E-state index contributed by atoms with van der Waals surface area (Å²) in [5, 5.41) is 0.884. The van der Waals surface area contributed by atoms with Crippen molar-refractivity contribution in [2.24, 2.45) is 5.92 Å². The van der Waals surface area contributed by atoms with Crippen molar-refractivity contribution in [3.8, 4) is 0 Å². The largest absolute Gasteiger partial charge is 0.0843 e. The Morgan fingerprint density at radius 2 is 2.13 bits per heavy atom. The van der Waals surface area contributed by atoms with Gasteiger partial charge in [-0.1, -0.05) is 36.2 Å². The summed E-state index contributed by atoms with van der Waals surface area (Å²) in [6, 6.07) is 6.37. The zero-order valence-corrected chi connectivity index (χ0v) is 9.72. The van der Waals surface area contributed by atoms with Gasteiger partial charge >= 0.3 is 0 Å². The highest BCUT2D eigenvalue weighted by Gasteiger charge is 2.31. The highest BCUT2D eigenvalue weighted by atomic mass is 35.5. The SMILES string of the molecule is CC1CC[C@@H]2C1=CCc1ccc(Cl)cc12. The second-order valence-electron chi connectivity index (χ2n) is 4.78. The summed E-state index contributed by atoms with van der Waals surface area (Å²) in [5.41, 5.74) is 4.62.